The molecule has 1 saturated heterocycles. The number of nitrogens with one attached hydrogen (secondary N) is 2. The standard InChI is InChI=1S/C17H26N2O2S/c1-17(2,3)21-16(20)19-15-6-4-13(5-7-15)10-18-11-14-8-9-22-12-14/h4-7,14,18H,8-12H2,1-3H3,(H,19,20). The molecule has 0 bridgehead atoms. The van der Waals surface area contributed by atoms with Gasteiger partial charge in [-0.15, -0.1) is 0 Å². The summed E-state index contributed by atoms with van der Waals surface area (Å²) in [5, 5.41) is 6.25. The molecule has 1 heterocycles. The number of hydrogen-bond donors (Lipinski definition) is 2. The highest BCUT2D eigenvalue weighted by Crippen LogP contribution is 2.22. The third-order valence-corrected chi connectivity index (χ3v) is 4.62. The number of carbonyl (C=O) groups excluding carboxylic acids is 1. The molecule has 1 unspecified atom stereocenters. The van der Waals surface area contributed by atoms with Crippen LogP contribution in [0.2, 0.25) is 0 Å². The maximum atomic E-state index is 11.7. The Hall–Kier alpha value is -1.20. The molecule has 22 heavy (non-hydrogen) atoms. The first kappa shape index (κ1) is 17.2. The number of ether oxygens (including phenoxy) is 1. The molecule has 0 aliphatic carbocycles. The van der Waals surface area contributed by atoms with Gasteiger partial charge in [0.25, 0.3) is 0 Å². The van der Waals surface area contributed by atoms with E-state index in [0.717, 1.165) is 24.7 Å². The Morgan fingerprint density at radius 1 is 1.32 bits per heavy atom. The van der Waals surface area contributed by atoms with Crippen molar-refractivity contribution < 1.29 is 9.53 Å². The van der Waals surface area contributed by atoms with Crippen molar-refractivity contribution in [2.24, 2.45) is 5.92 Å². The normalized spacial score (nSPS) is 18.2. The molecule has 1 aliphatic rings. The number of anilines is 1. The maximum absolute atomic E-state index is 11.7. The van der Waals surface area contributed by atoms with E-state index < -0.39 is 11.7 Å². The van der Waals surface area contributed by atoms with Gasteiger partial charge in [-0.3, -0.25) is 5.32 Å². The molecule has 1 aromatic carbocycles. The highest BCUT2D eigenvalue weighted by molar-refractivity contribution is 7.99. The number of amides is 1. The minimum absolute atomic E-state index is 0.419. The number of hydrogen-bond acceptors (Lipinski definition) is 4. The average molecular weight is 322 g/mol. The second kappa shape index (κ2) is 7.88. The summed E-state index contributed by atoms with van der Waals surface area (Å²) < 4.78 is 5.23. The van der Waals surface area contributed by atoms with Gasteiger partial charge >= 0.3 is 6.09 Å². The van der Waals surface area contributed by atoms with Gasteiger partial charge in [-0.25, -0.2) is 4.79 Å². The predicted octanol–water partition coefficient (Wildman–Crippen LogP) is 3.88. The highest BCUT2D eigenvalue weighted by Gasteiger charge is 2.16. The quantitative estimate of drug-likeness (QED) is 0.864. The van der Waals surface area contributed by atoms with Crippen LogP contribution >= 0.6 is 11.8 Å². The first-order chi connectivity index (χ1) is 10.4. The van der Waals surface area contributed by atoms with Crippen LogP contribution in [0.3, 0.4) is 0 Å². The molecule has 1 amide bonds. The number of benzene rings is 1. The molecule has 2 rings (SSSR count). The fraction of sp³-hybridized carbons (Fsp3) is 0.588. The SMILES string of the molecule is CC(C)(C)OC(=O)Nc1ccc(CNCC2CCSC2)cc1. The van der Waals surface area contributed by atoms with Crippen molar-refractivity contribution in [2.45, 2.75) is 39.3 Å². The van der Waals surface area contributed by atoms with Crippen molar-refractivity contribution in [3.05, 3.63) is 29.8 Å². The molecule has 4 nitrogen and oxygen atoms in total. The Labute approximate surface area is 137 Å². The lowest BCUT2D eigenvalue weighted by Crippen LogP contribution is -2.27. The summed E-state index contributed by atoms with van der Waals surface area (Å²) in [5.41, 5.74) is 1.50. The fourth-order valence-corrected chi connectivity index (χ4v) is 3.58. The van der Waals surface area contributed by atoms with Gasteiger partial charge in [0, 0.05) is 12.2 Å². The van der Waals surface area contributed by atoms with Crippen molar-refractivity contribution >= 4 is 23.5 Å². The van der Waals surface area contributed by atoms with E-state index in [-0.39, 0.29) is 0 Å². The smallest absolute Gasteiger partial charge is 0.412 e. The molecule has 1 aliphatic heterocycles. The zero-order chi connectivity index (χ0) is 16.0. The first-order valence-corrected chi connectivity index (χ1v) is 8.95. The van der Waals surface area contributed by atoms with Crippen molar-refractivity contribution in [1.29, 1.82) is 0 Å². The Morgan fingerprint density at radius 2 is 2.05 bits per heavy atom. The Bertz CT molecular complexity index is 476. The lowest BCUT2D eigenvalue weighted by atomic mass is 10.1. The second-order valence-corrected chi connectivity index (χ2v) is 7.83. The summed E-state index contributed by atoms with van der Waals surface area (Å²) in [5.74, 6) is 3.40. The second-order valence-electron chi connectivity index (χ2n) is 6.68. The molecule has 0 saturated carbocycles. The predicted molar refractivity (Wildman–Crippen MR) is 93.4 cm³/mol. The fourth-order valence-electron chi connectivity index (χ4n) is 2.29. The molecule has 0 aromatic heterocycles. The first-order valence-electron chi connectivity index (χ1n) is 7.80. The third kappa shape index (κ3) is 6.28. The van der Waals surface area contributed by atoms with Crippen LogP contribution in [0.25, 0.3) is 0 Å². The zero-order valence-corrected chi connectivity index (χ0v) is 14.5. The van der Waals surface area contributed by atoms with E-state index in [4.69, 9.17) is 4.74 Å². The molecular formula is C17H26N2O2S. The van der Waals surface area contributed by atoms with E-state index in [1.165, 1.54) is 23.5 Å². The van der Waals surface area contributed by atoms with Crippen molar-refractivity contribution in [3.63, 3.8) is 0 Å². The van der Waals surface area contributed by atoms with E-state index in [9.17, 15) is 4.79 Å². The summed E-state index contributed by atoms with van der Waals surface area (Å²) in [6.45, 7) is 7.51. The topological polar surface area (TPSA) is 50.4 Å². The van der Waals surface area contributed by atoms with Crippen molar-refractivity contribution in [1.82, 2.24) is 5.32 Å². The van der Waals surface area contributed by atoms with Crippen LogP contribution in [0.1, 0.15) is 32.8 Å². The van der Waals surface area contributed by atoms with E-state index in [2.05, 4.69) is 10.6 Å². The molecule has 1 fully saturated rings. The Kier molecular flexibility index (Phi) is 6.15. The molecule has 122 valence electrons. The maximum Gasteiger partial charge on any atom is 0.412 e. The van der Waals surface area contributed by atoms with Gasteiger partial charge in [0.1, 0.15) is 5.60 Å². The van der Waals surface area contributed by atoms with E-state index >= 15 is 0 Å². The average Bonchev–Trinajstić information content (AvgIpc) is 2.92. The minimum atomic E-state index is -0.480. The number of rotatable bonds is 5. The van der Waals surface area contributed by atoms with Gasteiger partial charge in [0.05, 0.1) is 0 Å². The van der Waals surface area contributed by atoms with Gasteiger partial charge in [-0.2, -0.15) is 11.8 Å². The number of thioether (sulfide) groups is 1. The monoisotopic (exact) mass is 322 g/mol. The summed E-state index contributed by atoms with van der Waals surface area (Å²) in [4.78, 5) is 11.7. The minimum Gasteiger partial charge on any atom is -0.444 e. The molecule has 0 radical (unpaired) electrons. The van der Waals surface area contributed by atoms with Crippen LogP contribution in [-0.2, 0) is 11.3 Å². The van der Waals surface area contributed by atoms with E-state index in [0.29, 0.717) is 0 Å². The molecule has 5 heteroatoms. The van der Waals surface area contributed by atoms with Gasteiger partial charge in [-0.05, 0) is 68.9 Å². The Balaban J connectivity index is 1.73. The molecule has 1 atom stereocenters. The zero-order valence-electron chi connectivity index (χ0n) is 13.6. The van der Waals surface area contributed by atoms with Crippen LogP contribution in [0, 0.1) is 5.92 Å². The van der Waals surface area contributed by atoms with Crippen LogP contribution in [0.5, 0.6) is 0 Å². The summed E-state index contributed by atoms with van der Waals surface area (Å²) in [6.07, 6.45) is 0.910. The van der Waals surface area contributed by atoms with Gasteiger partial charge < -0.3 is 10.1 Å². The van der Waals surface area contributed by atoms with Crippen molar-refractivity contribution in [3.8, 4) is 0 Å². The lowest BCUT2D eigenvalue weighted by molar-refractivity contribution is 0.0636. The highest BCUT2D eigenvalue weighted by atomic mass is 32.2. The summed E-state index contributed by atoms with van der Waals surface area (Å²) in [7, 11) is 0. The third-order valence-electron chi connectivity index (χ3n) is 3.39. The van der Waals surface area contributed by atoms with Crippen LogP contribution in [0.15, 0.2) is 24.3 Å². The summed E-state index contributed by atoms with van der Waals surface area (Å²) in [6, 6.07) is 7.88. The lowest BCUT2D eigenvalue weighted by Gasteiger charge is -2.19. The number of carbonyl (C=O) groups is 1. The largest absolute Gasteiger partial charge is 0.444 e. The molecular weight excluding hydrogens is 296 g/mol. The van der Waals surface area contributed by atoms with Crippen molar-refractivity contribution in [2.75, 3.05) is 23.4 Å². The molecule has 2 N–H and O–H groups in total. The Morgan fingerprint density at radius 3 is 2.64 bits per heavy atom. The molecule has 1 aromatic rings. The van der Waals surface area contributed by atoms with Gasteiger partial charge in [0.15, 0.2) is 0 Å². The van der Waals surface area contributed by atoms with E-state index in [1.54, 1.807) is 0 Å². The van der Waals surface area contributed by atoms with Gasteiger partial charge in [-0.1, -0.05) is 12.1 Å². The summed E-state index contributed by atoms with van der Waals surface area (Å²) >= 11 is 2.05. The molecule has 0 spiro atoms. The van der Waals surface area contributed by atoms with E-state index in [1.807, 2.05) is 56.8 Å². The van der Waals surface area contributed by atoms with Crippen LogP contribution in [0.4, 0.5) is 10.5 Å². The van der Waals surface area contributed by atoms with Crippen LogP contribution < -0.4 is 10.6 Å². The van der Waals surface area contributed by atoms with Gasteiger partial charge in [0.2, 0.25) is 0 Å². The van der Waals surface area contributed by atoms with Crippen LogP contribution in [-0.4, -0.2) is 29.7 Å².